The third kappa shape index (κ3) is 3.90. The summed E-state index contributed by atoms with van der Waals surface area (Å²) in [5, 5.41) is 4.56. The van der Waals surface area contributed by atoms with E-state index < -0.39 is 0 Å². The van der Waals surface area contributed by atoms with Crippen LogP contribution in [0, 0.1) is 0 Å². The van der Waals surface area contributed by atoms with Crippen LogP contribution in [0.15, 0.2) is 36.5 Å². The molecular weight excluding hydrogens is 328 g/mol. The Hall–Kier alpha value is -2.34. The van der Waals surface area contributed by atoms with E-state index in [1.54, 1.807) is 10.9 Å². The van der Waals surface area contributed by atoms with Crippen molar-refractivity contribution in [2.75, 3.05) is 13.2 Å². The fourth-order valence-electron chi connectivity index (χ4n) is 3.43. The van der Waals surface area contributed by atoms with E-state index in [4.69, 9.17) is 10.5 Å². The molecule has 1 fully saturated rings. The highest BCUT2D eigenvalue weighted by Crippen LogP contribution is 2.26. The van der Waals surface area contributed by atoms with E-state index in [0.717, 1.165) is 37.9 Å². The number of carbonyl (C=O) groups is 1. The maximum atomic E-state index is 13.3. The number of carbonyl (C=O) groups excluding carboxylic acids is 1. The van der Waals surface area contributed by atoms with Crippen LogP contribution in [-0.4, -0.2) is 45.8 Å². The Morgan fingerprint density at radius 1 is 1.35 bits per heavy atom. The van der Waals surface area contributed by atoms with Crippen LogP contribution in [0.2, 0.25) is 0 Å². The molecule has 1 aromatic heterocycles. The zero-order valence-corrected chi connectivity index (χ0v) is 15.6. The van der Waals surface area contributed by atoms with Crippen LogP contribution >= 0.6 is 0 Å². The normalized spacial score (nSPS) is 18.6. The first-order valence-electron chi connectivity index (χ1n) is 9.46. The van der Waals surface area contributed by atoms with E-state index in [-0.39, 0.29) is 18.0 Å². The molecule has 0 spiro atoms. The molecule has 2 aromatic rings. The van der Waals surface area contributed by atoms with Crippen molar-refractivity contribution in [3.63, 3.8) is 0 Å². The van der Waals surface area contributed by atoms with Gasteiger partial charge < -0.3 is 15.4 Å². The molecule has 6 heteroatoms. The fraction of sp³-hybridized carbons (Fsp3) is 0.500. The van der Waals surface area contributed by atoms with E-state index in [2.05, 4.69) is 5.10 Å². The topological polar surface area (TPSA) is 73.4 Å². The summed E-state index contributed by atoms with van der Waals surface area (Å²) in [6.45, 7) is 5.28. The molecule has 1 aromatic carbocycles. The minimum Gasteiger partial charge on any atom is -0.489 e. The first-order chi connectivity index (χ1) is 12.6. The standard InChI is InChI=1S/C20H28N4O2/c1-3-13-26-18-14-24(16-9-5-4-6-10-16)22-19(18)20(25)23-12-8-7-11-17(23)15(2)21/h4-6,9-10,14-15,17H,3,7-8,11-13,21H2,1-2H3. The smallest absolute Gasteiger partial charge is 0.278 e. The largest absolute Gasteiger partial charge is 0.489 e. The van der Waals surface area contributed by atoms with Crippen molar-refractivity contribution in [2.24, 2.45) is 5.73 Å². The molecule has 2 heterocycles. The van der Waals surface area contributed by atoms with Crippen molar-refractivity contribution in [3.05, 3.63) is 42.2 Å². The molecule has 1 aliphatic rings. The van der Waals surface area contributed by atoms with Crippen molar-refractivity contribution in [2.45, 2.75) is 51.6 Å². The lowest BCUT2D eigenvalue weighted by molar-refractivity contribution is 0.0573. The molecule has 0 bridgehead atoms. The quantitative estimate of drug-likeness (QED) is 0.863. The van der Waals surface area contributed by atoms with Crippen molar-refractivity contribution in [3.8, 4) is 11.4 Å². The van der Waals surface area contributed by atoms with Gasteiger partial charge in [-0.3, -0.25) is 4.79 Å². The zero-order chi connectivity index (χ0) is 18.5. The summed E-state index contributed by atoms with van der Waals surface area (Å²) in [6, 6.07) is 9.75. The number of ether oxygens (including phenoxy) is 1. The van der Waals surface area contributed by atoms with Gasteiger partial charge in [0.2, 0.25) is 0 Å². The Morgan fingerprint density at radius 3 is 2.81 bits per heavy atom. The van der Waals surface area contributed by atoms with Gasteiger partial charge >= 0.3 is 0 Å². The highest BCUT2D eigenvalue weighted by atomic mass is 16.5. The zero-order valence-electron chi connectivity index (χ0n) is 15.6. The number of para-hydroxylation sites is 1. The van der Waals surface area contributed by atoms with Gasteiger partial charge in [0.15, 0.2) is 11.4 Å². The molecule has 0 aliphatic carbocycles. The molecule has 1 amide bonds. The van der Waals surface area contributed by atoms with Crippen LogP contribution in [0.1, 0.15) is 50.0 Å². The number of hydrogen-bond acceptors (Lipinski definition) is 4. The van der Waals surface area contributed by atoms with Gasteiger partial charge in [0.1, 0.15) is 0 Å². The molecule has 2 unspecified atom stereocenters. The molecule has 6 nitrogen and oxygen atoms in total. The Bertz CT molecular complexity index is 727. The molecule has 140 valence electrons. The van der Waals surface area contributed by atoms with Crippen molar-refractivity contribution < 1.29 is 9.53 Å². The lowest BCUT2D eigenvalue weighted by atomic mass is 9.96. The molecule has 2 N–H and O–H groups in total. The third-order valence-corrected chi connectivity index (χ3v) is 4.78. The van der Waals surface area contributed by atoms with Crippen molar-refractivity contribution in [1.29, 1.82) is 0 Å². The molecule has 3 rings (SSSR count). The summed E-state index contributed by atoms with van der Waals surface area (Å²) >= 11 is 0. The van der Waals surface area contributed by atoms with E-state index in [9.17, 15) is 4.79 Å². The van der Waals surface area contributed by atoms with Gasteiger partial charge in [-0.25, -0.2) is 4.68 Å². The van der Waals surface area contributed by atoms with Crippen LogP contribution in [0.5, 0.6) is 5.75 Å². The third-order valence-electron chi connectivity index (χ3n) is 4.78. The van der Waals surface area contributed by atoms with Gasteiger partial charge in [-0.05, 0) is 44.7 Å². The van der Waals surface area contributed by atoms with E-state index >= 15 is 0 Å². The molecule has 2 atom stereocenters. The fourth-order valence-corrected chi connectivity index (χ4v) is 3.43. The summed E-state index contributed by atoms with van der Waals surface area (Å²) in [6.07, 6.45) is 5.71. The predicted molar refractivity (Wildman–Crippen MR) is 102 cm³/mol. The summed E-state index contributed by atoms with van der Waals surface area (Å²) in [5.41, 5.74) is 7.41. The molecular formula is C20H28N4O2. The number of amides is 1. The van der Waals surface area contributed by atoms with Crippen LogP contribution in [-0.2, 0) is 0 Å². The molecule has 1 aliphatic heterocycles. The Balaban J connectivity index is 1.93. The Kier molecular flexibility index (Phi) is 5.93. The maximum absolute atomic E-state index is 13.3. The SMILES string of the molecule is CCCOc1cn(-c2ccccc2)nc1C(=O)N1CCCCC1C(C)N. The molecule has 0 saturated carbocycles. The number of nitrogens with two attached hydrogens (primary N) is 1. The van der Waals surface area contributed by atoms with Crippen LogP contribution < -0.4 is 10.5 Å². The van der Waals surface area contributed by atoms with Gasteiger partial charge in [-0.15, -0.1) is 0 Å². The van der Waals surface area contributed by atoms with E-state index in [1.807, 2.05) is 49.1 Å². The summed E-state index contributed by atoms with van der Waals surface area (Å²) in [5.74, 6) is 0.447. The van der Waals surface area contributed by atoms with Gasteiger partial charge in [-0.2, -0.15) is 5.10 Å². The maximum Gasteiger partial charge on any atom is 0.278 e. The number of likely N-dealkylation sites (tertiary alicyclic amines) is 1. The number of hydrogen-bond donors (Lipinski definition) is 1. The monoisotopic (exact) mass is 356 g/mol. The average Bonchev–Trinajstić information content (AvgIpc) is 3.10. The minimum atomic E-state index is -0.0900. The molecule has 1 saturated heterocycles. The van der Waals surface area contributed by atoms with Gasteiger partial charge in [0.25, 0.3) is 5.91 Å². The van der Waals surface area contributed by atoms with Crippen LogP contribution in [0.3, 0.4) is 0 Å². The number of rotatable bonds is 6. The first-order valence-corrected chi connectivity index (χ1v) is 9.46. The number of nitrogens with zero attached hydrogens (tertiary/aromatic N) is 3. The second-order valence-electron chi connectivity index (χ2n) is 6.89. The van der Waals surface area contributed by atoms with Gasteiger partial charge in [-0.1, -0.05) is 25.1 Å². The highest BCUT2D eigenvalue weighted by molar-refractivity contribution is 5.95. The lowest BCUT2D eigenvalue weighted by Crippen LogP contribution is -2.51. The Morgan fingerprint density at radius 2 is 2.12 bits per heavy atom. The average molecular weight is 356 g/mol. The predicted octanol–water partition coefficient (Wildman–Crippen LogP) is 3.00. The summed E-state index contributed by atoms with van der Waals surface area (Å²) in [4.78, 5) is 15.1. The van der Waals surface area contributed by atoms with E-state index in [0.29, 0.717) is 18.1 Å². The van der Waals surface area contributed by atoms with Crippen molar-refractivity contribution >= 4 is 5.91 Å². The van der Waals surface area contributed by atoms with Gasteiger partial charge in [0.05, 0.1) is 18.5 Å². The minimum absolute atomic E-state index is 0.0529. The van der Waals surface area contributed by atoms with Crippen LogP contribution in [0.25, 0.3) is 5.69 Å². The first kappa shape index (κ1) is 18.5. The number of piperidine rings is 1. The summed E-state index contributed by atoms with van der Waals surface area (Å²) in [7, 11) is 0. The Labute approximate surface area is 154 Å². The van der Waals surface area contributed by atoms with Crippen LogP contribution in [0.4, 0.5) is 0 Å². The lowest BCUT2D eigenvalue weighted by Gasteiger charge is -2.37. The second-order valence-corrected chi connectivity index (χ2v) is 6.89. The van der Waals surface area contributed by atoms with Crippen molar-refractivity contribution in [1.82, 2.24) is 14.7 Å². The van der Waals surface area contributed by atoms with Gasteiger partial charge in [0, 0.05) is 18.6 Å². The number of aromatic nitrogens is 2. The molecule has 0 radical (unpaired) electrons. The summed E-state index contributed by atoms with van der Waals surface area (Å²) < 4.78 is 7.55. The van der Waals surface area contributed by atoms with E-state index in [1.165, 1.54) is 0 Å². The molecule has 26 heavy (non-hydrogen) atoms. The highest BCUT2D eigenvalue weighted by Gasteiger charge is 2.33. The second kappa shape index (κ2) is 8.36. The number of benzene rings is 1.